The molecule has 3 aromatic rings. The lowest BCUT2D eigenvalue weighted by atomic mass is 10.1. The van der Waals surface area contributed by atoms with Gasteiger partial charge in [-0.25, -0.2) is 14.8 Å². The van der Waals surface area contributed by atoms with Crippen molar-refractivity contribution in [3.8, 4) is 11.3 Å². The Morgan fingerprint density at radius 2 is 1.79 bits per heavy atom. The number of aromatic nitrogens is 2. The lowest BCUT2D eigenvalue weighted by Gasteiger charge is -2.15. The summed E-state index contributed by atoms with van der Waals surface area (Å²) in [7, 11) is 0. The lowest BCUT2D eigenvalue weighted by molar-refractivity contribution is -0.115. The summed E-state index contributed by atoms with van der Waals surface area (Å²) in [6.07, 6.45) is 0.494. The van der Waals surface area contributed by atoms with Gasteiger partial charge in [-0.05, 0) is 40.2 Å². The molecule has 0 aliphatic rings. The molecule has 0 bridgehead atoms. The first-order valence-corrected chi connectivity index (χ1v) is 11.8. The quantitative estimate of drug-likeness (QED) is 0.191. The highest BCUT2D eigenvalue weighted by molar-refractivity contribution is 8.00. The van der Waals surface area contributed by atoms with Crippen LogP contribution in [0.15, 0.2) is 45.8 Å². The predicted octanol–water partition coefficient (Wildman–Crippen LogP) is 5.24. The highest BCUT2D eigenvalue weighted by atomic mass is 32.2. The monoisotopic (exact) mass is 481 g/mol. The van der Waals surface area contributed by atoms with E-state index in [4.69, 9.17) is 9.15 Å². The highest BCUT2D eigenvalue weighted by Crippen LogP contribution is 2.31. The lowest BCUT2D eigenvalue weighted by Crippen LogP contribution is -2.25. The van der Waals surface area contributed by atoms with Gasteiger partial charge in [0.05, 0.1) is 23.1 Å². The molecule has 0 aliphatic carbocycles. The minimum atomic E-state index is -0.723. The molecule has 2 aromatic heterocycles. The van der Waals surface area contributed by atoms with Gasteiger partial charge in [0.15, 0.2) is 5.78 Å². The zero-order valence-corrected chi connectivity index (χ0v) is 20.6. The summed E-state index contributed by atoms with van der Waals surface area (Å²) in [5.74, 6) is -0.703. The van der Waals surface area contributed by atoms with E-state index in [2.05, 4.69) is 15.3 Å². The van der Waals surface area contributed by atoms with Crippen LogP contribution in [0.2, 0.25) is 0 Å². The van der Waals surface area contributed by atoms with Gasteiger partial charge in [-0.2, -0.15) is 0 Å². The fraction of sp³-hybridized carbons (Fsp3) is 0.320. The number of carbonyl (C=O) groups excluding carboxylic acids is 3. The van der Waals surface area contributed by atoms with Gasteiger partial charge in [-0.15, -0.1) is 0 Å². The van der Waals surface area contributed by atoms with Crippen LogP contribution >= 0.6 is 11.8 Å². The molecular formula is C25H27N3O5S. The maximum atomic E-state index is 13.1. The number of nitrogens with zero attached hydrogens (tertiary/aromatic N) is 2. The van der Waals surface area contributed by atoms with Gasteiger partial charge in [-0.3, -0.25) is 14.9 Å². The van der Waals surface area contributed by atoms with Gasteiger partial charge in [0.1, 0.15) is 22.2 Å². The zero-order valence-electron chi connectivity index (χ0n) is 19.8. The normalized spacial score (nSPS) is 11.7. The summed E-state index contributed by atoms with van der Waals surface area (Å²) in [6.45, 7) is 8.36. The summed E-state index contributed by atoms with van der Waals surface area (Å²) in [5.41, 5.74) is 1.76. The second kappa shape index (κ2) is 11.1. The molecule has 9 heteroatoms. The van der Waals surface area contributed by atoms with Gasteiger partial charge in [-0.1, -0.05) is 49.0 Å². The number of thioether (sulfide) groups is 1. The summed E-state index contributed by atoms with van der Waals surface area (Å²) in [6, 6.07) is 11.6. The van der Waals surface area contributed by atoms with Crippen molar-refractivity contribution < 1.29 is 23.5 Å². The molecule has 0 saturated heterocycles. The van der Waals surface area contributed by atoms with Crippen molar-refractivity contribution >= 4 is 35.3 Å². The van der Waals surface area contributed by atoms with E-state index >= 15 is 0 Å². The van der Waals surface area contributed by atoms with Gasteiger partial charge in [0, 0.05) is 5.56 Å². The Bertz CT molecular complexity index is 1210. The van der Waals surface area contributed by atoms with Crippen molar-refractivity contribution in [3.63, 3.8) is 0 Å². The number of ether oxygens (including phenoxy) is 1. The van der Waals surface area contributed by atoms with Crippen LogP contribution in [0.5, 0.6) is 0 Å². The third-order valence-corrected chi connectivity index (χ3v) is 6.25. The number of carbonyl (C=O) groups is 3. The predicted molar refractivity (Wildman–Crippen MR) is 130 cm³/mol. The minimum Gasteiger partial charge on any atom is -0.462 e. The number of amides is 1. The number of furan rings is 1. The van der Waals surface area contributed by atoms with E-state index in [0.29, 0.717) is 17.3 Å². The molecular weight excluding hydrogens is 454 g/mol. The van der Waals surface area contributed by atoms with Crippen LogP contribution in [0.1, 0.15) is 59.5 Å². The van der Waals surface area contributed by atoms with Crippen LogP contribution in [-0.2, 0) is 9.53 Å². The second-order valence-corrected chi connectivity index (χ2v) is 8.75. The molecule has 0 radical (unpaired) electrons. The molecule has 0 aliphatic heterocycles. The first kappa shape index (κ1) is 25.2. The second-order valence-electron chi connectivity index (χ2n) is 7.52. The summed E-state index contributed by atoms with van der Waals surface area (Å²) >= 11 is 1.29. The molecule has 1 amide bonds. The van der Waals surface area contributed by atoms with Crippen molar-refractivity contribution in [1.29, 1.82) is 0 Å². The fourth-order valence-corrected chi connectivity index (χ4v) is 4.46. The number of hydrogen-bond acceptors (Lipinski definition) is 8. The summed E-state index contributed by atoms with van der Waals surface area (Å²) in [5, 5.41) is 2.80. The van der Waals surface area contributed by atoms with Crippen LogP contribution in [0.3, 0.4) is 0 Å². The van der Waals surface area contributed by atoms with Crippen molar-refractivity contribution in [1.82, 2.24) is 9.97 Å². The van der Waals surface area contributed by atoms with Crippen molar-refractivity contribution in [2.75, 3.05) is 11.9 Å². The molecule has 178 valence electrons. The van der Waals surface area contributed by atoms with E-state index in [1.54, 1.807) is 20.8 Å². The van der Waals surface area contributed by atoms with Gasteiger partial charge in [0.25, 0.3) is 0 Å². The number of aryl methyl sites for hydroxylation is 2. The number of esters is 1. The average Bonchev–Trinajstić information content (AvgIpc) is 3.13. The zero-order chi connectivity index (χ0) is 24.8. The topological polar surface area (TPSA) is 111 Å². The molecule has 0 spiro atoms. The van der Waals surface area contributed by atoms with Crippen LogP contribution in [0, 0.1) is 13.8 Å². The molecule has 1 N–H and O–H groups in total. The number of ketones is 1. The summed E-state index contributed by atoms with van der Waals surface area (Å²) < 4.78 is 10.7. The molecule has 0 fully saturated rings. The van der Waals surface area contributed by atoms with Crippen molar-refractivity contribution in [2.45, 2.75) is 51.3 Å². The third kappa shape index (κ3) is 5.72. The maximum absolute atomic E-state index is 13.1. The molecule has 34 heavy (non-hydrogen) atoms. The standard InChI is InChI=1S/C25H27N3O5S/c1-6-19(34-20-13-18(26-16(5)27-20)17-11-9-8-10-12-17)23(30)28-24-22(25(31)32-7-2)21(14(3)29)15(4)33-24/h8-13,19H,6-7H2,1-5H3,(H,28,30). The van der Waals surface area contributed by atoms with Crippen molar-refractivity contribution in [2.24, 2.45) is 0 Å². The van der Waals surface area contributed by atoms with E-state index in [1.807, 2.05) is 43.3 Å². The van der Waals surface area contributed by atoms with Gasteiger partial charge in [0.2, 0.25) is 11.8 Å². The average molecular weight is 482 g/mol. The maximum Gasteiger partial charge on any atom is 0.344 e. The number of hydrogen-bond donors (Lipinski definition) is 1. The van der Waals surface area contributed by atoms with Gasteiger partial charge < -0.3 is 9.15 Å². The smallest absolute Gasteiger partial charge is 0.344 e. The van der Waals surface area contributed by atoms with E-state index in [1.165, 1.54) is 18.7 Å². The first-order valence-electron chi connectivity index (χ1n) is 10.9. The Kier molecular flexibility index (Phi) is 8.22. The third-order valence-electron chi connectivity index (χ3n) is 4.96. The molecule has 1 unspecified atom stereocenters. The van der Waals surface area contributed by atoms with E-state index < -0.39 is 11.2 Å². The fourth-order valence-electron chi connectivity index (χ4n) is 3.47. The van der Waals surface area contributed by atoms with Crippen LogP contribution < -0.4 is 5.32 Å². The van der Waals surface area contributed by atoms with Crippen LogP contribution in [0.25, 0.3) is 11.3 Å². The number of anilines is 1. The Balaban J connectivity index is 1.87. The molecule has 0 saturated carbocycles. The minimum absolute atomic E-state index is 0.0655. The molecule has 8 nitrogen and oxygen atoms in total. The van der Waals surface area contributed by atoms with E-state index in [0.717, 1.165) is 11.3 Å². The summed E-state index contributed by atoms with van der Waals surface area (Å²) in [4.78, 5) is 46.7. The number of nitrogens with one attached hydrogen (secondary N) is 1. The Morgan fingerprint density at radius 1 is 1.09 bits per heavy atom. The van der Waals surface area contributed by atoms with Crippen LogP contribution in [-0.4, -0.2) is 39.5 Å². The highest BCUT2D eigenvalue weighted by Gasteiger charge is 2.30. The van der Waals surface area contributed by atoms with E-state index in [9.17, 15) is 14.4 Å². The SMILES string of the molecule is CCOC(=O)c1c(NC(=O)C(CC)Sc2cc(-c3ccccc3)nc(C)n2)oc(C)c1C(C)=O. The first-order chi connectivity index (χ1) is 16.2. The Morgan fingerprint density at radius 3 is 2.41 bits per heavy atom. The van der Waals surface area contributed by atoms with Gasteiger partial charge >= 0.3 is 5.97 Å². The molecule has 1 atom stereocenters. The number of benzene rings is 1. The van der Waals surface area contributed by atoms with Crippen molar-refractivity contribution in [3.05, 3.63) is 59.1 Å². The number of rotatable bonds is 9. The molecule has 3 rings (SSSR count). The Labute approximate surface area is 202 Å². The number of Topliss-reactive ketones (excluding diaryl/α,β-unsaturated/α-hetero) is 1. The largest absolute Gasteiger partial charge is 0.462 e. The van der Waals surface area contributed by atoms with Crippen LogP contribution in [0.4, 0.5) is 5.88 Å². The molecule has 2 heterocycles. The Hall–Kier alpha value is -3.46. The van der Waals surface area contributed by atoms with E-state index in [-0.39, 0.29) is 41.1 Å². The molecule has 1 aromatic carbocycles.